The average Bonchev–Trinajstić information content (AvgIpc) is 3.47. The number of rotatable bonds is 8. The van der Waals surface area contributed by atoms with Gasteiger partial charge in [0.1, 0.15) is 0 Å². The number of likely N-dealkylation sites (tertiary alicyclic amines) is 1. The molecule has 164 valence electrons. The highest BCUT2D eigenvalue weighted by Crippen LogP contribution is 2.22. The van der Waals surface area contributed by atoms with Crippen molar-refractivity contribution in [2.75, 3.05) is 18.5 Å². The molecule has 0 unspecified atom stereocenters. The summed E-state index contributed by atoms with van der Waals surface area (Å²) >= 11 is 0. The monoisotopic (exact) mass is 422 g/mol. The lowest BCUT2D eigenvalue weighted by Gasteiger charge is -2.24. The van der Waals surface area contributed by atoms with E-state index in [1.165, 1.54) is 0 Å². The summed E-state index contributed by atoms with van der Waals surface area (Å²) in [5.74, 6) is -0.185. The van der Waals surface area contributed by atoms with Crippen LogP contribution in [0.1, 0.15) is 47.2 Å². The van der Waals surface area contributed by atoms with Gasteiger partial charge in [0.25, 0.3) is 5.91 Å². The van der Waals surface area contributed by atoms with Crippen LogP contribution in [0.15, 0.2) is 48.5 Å². The number of nitrogens with one attached hydrogen (secondary N) is 3. The van der Waals surface area contributed by atoms with E-state index in [0.717, 1.165) is 49.9 Å². The number of nitrogens with zero attached hydrogens (tertiary/aromatic N) is 1. The number of hydrogen-bond donors (Lipinski definition) is 4. The first kappa shape index (κ1) is 21.3. The second-order valence-corrected chi connectivity index (χ2v) is 8.35. The molecule has 0 bridgehead atoms. The van der Waals surface area contributed by atoms with Crippen molar-refractivity contribution >= 4 is 17.6 Å². The van der Waals surface area contributed by atoms with Crippen molar-refractivity contribution in [3.63, 3.8) is 0 Å². The molecule has 3 amide bonds. The van der Waals surface area contributed by atoms with Gasteiger partial charge in [-0.2, -0.15) is 0 Å². The lowest BCUT2D eigenvalue weighted by molar-refractivity contribution is 0.0950. The quantitative estimate of drug-likeness (QED) is 0.526. The Hall–Kier alpha value is -2.90. The minimum Gasteiger partial charge on any atom is -0.395 e. The van der Waals surface area contributed by atoms with E-state index in [-0.39, 0.29) is 30.6 Å². The summed E-state index contributed by atoms with van der Waals surface area (Å²) in [5.41, 5.74) is 3.32. The molecule has 1 aliphatic heterocycles. The third-order valence-corrected chi connectivity index (χ3v) is 5.94. The van der Waals surface area contributed by atoms with Gasteiger partial charge in [0.15, 0.2) is 0 Å². The van der Waals surface area contributed by atoms with E-state index in [9.17, 15) is 14.7 Å². The number of aliphatic hydroxyl groups is 1. The van der Waals surface area contributed by atoms with Crippen molar-refractivity contribution in [3.05, 3.63) is 65.2 Å². The highest BCUT2D eigenvalue weighted by atomic mass is 16.3. The first-order valence-corrected chi connectivity index (χ1v) is 11.0. The number of carbonyl (C=O) groups is 2. The first-order chi connectivity index (χ1) is 15.1. The predicted molar refractivity (Wildman–Crippen MR) is 120 cm³/mol. The zero-order valence-electron chi connectivity index (χ0n) is 17.6. The predicted octanol–water partition coefficient (Wildman–Crippen LogP) is 2.86. The maximum atomic E-state index is 12.7. The van der Waals surface area contributed by atoms with Gasteiger partial charge in [0.2, 0.25) is 0 Å². The van der Waals surface area contributed by atoms with Gasteiger partial charge in [-0.3, -0.25) is 9.69 Å². The fourth-order valence-electron chi connectivity index (χ4n) is 4.01. The van der Waals surface area contributed by atoms with Gasteiger partial charge in [0.05, 0.1) is 6.61 Å². The smallest absolute Gasteiger partial charge is 0.319 e. The molecule has 2 aromatic carbocycles. The van der Waals surface area contributed by atoms with Crippen molar-refractivity contribution in [2.24, 2.45) is 0 Å². The Morgan fingerprint density at radius 2 is 1.84 bits per heavy atom. The molecule has 4 N–H and O–H groups in total. The normalized spacial score (nSPS) is 18.5. The third-order valence-electron chi connectivity index (χ3n) is 5.94. The molecule has 0 spiro atoms. The lowest BCUT2D eigenvalue weighted by Crippen LogP contribution is -2.32. The molecule has 1 heterocycles. The lowest BCUT2D eigenvalue weighted by atomic mass is 10.1. The number of benzene rings is 2. The maximum absolute atomic E-state index is 12.7. The van der Waals surface area contributed by atoms with Gasteiger partial charge in [-0.25, -0.2) is 4.79 Å². The molecule has 7 nitrogen and oxygen atoms in total. The zero-order chi connectivity index (χ0) is 21.6. The highest BCUT2D eigenvalue weighted by Gasteiger charge is 2.24. The van der Waals surface area contributed by atoms with Crippen molar-refractivity contribution in [1.29, 1.82) is 0 Å². The van der Waals surface area contributed by atoms with E-state index in [1.807, 2.05) is 18.2 Å². The molecule has 2 fully saturated rings. The minimum atomic E-state index is -0.239. The number of urea groups is 1. The Balaban J connectivity index is 1.35. The van der Waals surface area contributed by atoms with Crippen molar-refractivity contribution < 1.29 is 14.7 Å². The summed E-state index contributed by atoms with van der Waals surface area (Å²) in [7, 11) is 0. The standard InChI is InChI=1S/C24H30N4O3/c29-16-22-9-4-12-28(22)15-19-6-2-1-5-18(19)14-25-23(30)17-7-3-8-21(13-17)27-24(31)26-20-10-11-20/h1-3,5-8,13,20,22,29H,4,9-12,14-16H2,(H,25,30)(H2,26,27,31)/t22-/m1/s1. The number of carbonyl (C=O) groups excluding carboxylic acids is 2. The Kier molecular flexibility index (Phi) is 6.84. The van der Waals surface area contributed by atoms with Gasteiger partial charge >= 0.3 is 6.03 Å². The third kappa shape index (κ3) is 5.83. The fourth-order valence-corrected chi connectivity index (χ4v) is 4.01. The van der Waals surface area contributed by atoms with Gasteiger partial charge in [0, 0.05) is 36.4 Å². The van der Waals surface area contributed by atoms with Crippen LogP contribution in [0, 0.1) is 0 Å². The van der Waals surface area contributed by atoms with Crippen LogP contribution >= 0.6 is 0 Å². The van der Waals surface area contributed by atoms with Crippen molar-refractivity contribution in [3.8, 4) is 0 Å². The van der Waals surface area contributed by atoms with E-state index in [0.29, 0.717) is 17.8 Å². The molecule has 2 aliphatic rings. The summed E-state index contributed by atoms with van der Waals surface area (Å²) < 4.78 is 0. The second kappa shape index (κ2) is 9.94. The van der Waals surface area contributed by atoms with Gasteiger partial charge < -0.3 is 21.1 Å². The Labute approximate surface area is 182 Å². The fraction of sp³-hybridized carbons (Fsp3) is 0.417. The van der Waals surface area contributed by atoms with Crippen molar-refractivity contribution in [2.45, 2.75) is 50.9 Å². The number of amides is 3. The molecular formula is C24H30N4O3. The Morgan fingerprint density at radius 1 is 1.03 bits per heavy atom. The zero-order valence-corrected chi connectivity index (χ0v) is 17.6. The van der Waals surface area contributed by atoms with Crippen LogP contribution in [0.25, 0.3) is 0 Å². The molecule has 2 aromatic rings. The van der Waals surface area contributed by atoms with Crippen LogP contribution < -0.4 is 16.0 Å². The van der Waals surface area contributed by atoms with Gasteiger partial charge in [-0.05, 0) is 61.6 Å². The number of aliphatic hydroxyl groups excluding tert-OH is 1. The summed E-state index contributed by atoms with van der Waals surface area (Å²) in [5, 5.41) is 18.2. The second-order valence-electron chi connectivity index (χ2n) is 8.35. The molecule has 1 aliphatic carbocycles. The molecule has 31 heavy (non-hydrogen) atoms. The number of hydrogen-bond acceptors (Lipinski definition) is 4. The molecule has 7 heteroatoms. The molecule has 1 saturated carbocycles. The maximum Gasteiger partial charge on any atom is 0.319 e. The Morgan fingerprint density at radius 3 is 2.61 bits per heavy atom. The summed E-state index contributed by atoms with van der Waals surface area (Å²) in [6.45, 7) is 2.36. The molecule has 0 radical (unpaired) electrons. The molecule has 1 saturated heterocycles. The summed E-state index contributed by atoms with van der Waals surface area (Å²) in [6, 6.07) is 15.3. The van der Waals surface area contributed by atoms with Crippen LogP contribution in [0.5, 0.6) is 0 Å². The van der Waals surface area contributed by atoms with Crippen LogP contribution in [0.2, 0.25) is 0 Å². The minimum absolute atomic E-state index is 0.182. The summed E-state index contributed by atoms with van der Waals surface area (Å²) in [6.07, 6.45) is 4.18. The van der Waals surface area contributed by atoms with Crippen LogP contribution in [0.4, 0.5) is 10.5 Å². The first-order valence-electron chi connectivity index (χ1n) is 11.0. The molecular weight excluding hydrogens is 392 g/mol. The average molecular weight is 423 g/mol. The van der Waals surface area contributed by atoms with Crippen LogP contribution in [0.3, 0.4) is 0 Å². The van der Waals surface area contributed by atoms with E-state index in [2.05, 4.69) is 26.9 Å². The van der Waals surface area contributed by atoms with E-state index in [4.69, 9.17) is 0 Å². The van der Waals surface area contributed by atoms with Gasteiger partial charge in [-0.1, -0.05) is 30.3 Å². The highest BCUT2D eigenvalue weighted by molar-refractivity contribution is 5.96. The topological polar surface area (TPSA) is 93.7 Å². The Bertz CT molecular complexity index is 929. The van der Waals surface area contributed by atoms with Crippen molar-refractivity contribution in [1.82, 2.24) is 15.5 Å². The van der Waals surface area contributed by atoms with E-state index >= 15 is 0 Å². The largest absolute Gasteiger partial charge is 0.395 e. The van der Waals surface area contributed by atoms with Crippen LogP contribution in [-0.4, -0.2) is 47.2 Å². The van der Waals surface area contributed by atoms with E-state index < -0.39 is 0 Å². The molecule has 0 aromatic heterocycles. The van der Waals surface area contributed by atoms with Gasteiger partial charge in [-0.15, -0.1) is 0 Å². The number of anilines is 1. The summed E-state index contributed by atoms with van der Waals surface area (Å²) in [4.78, 5) is 27.0. The molecule has 4 rings (SSSR count). The molecule has 1 atom stereocenters. The van der Waals surface area contributed by atoms with E-state index in [1.54, 1.807) is 24.3 Å². The SMILES string of the molecule is O=C(Nc1cccc(C(=O)NCc2ccccc2CN2CCC[C@@H]2CO)c1)NC1CC1. The van der Waals surface area contributed by atoms with Crippen LogP contribution in [-0.2, 0) is 13.1 Å².